The van der Waals surface area contributed by atoms with E-state index in [9.17, 15) is 9.59 Å². The van der Waals surface area contributed by atoms with Gasteiger partial charge in [0.2, 0.25) is 0 Å². The first-order chi connectivity index (χ1) is 11.1. The van der Waals surface area contributed by atoms with Crippen LogP contribution in [0.1, 0.15) is 30.9 Å². The van der Waals surface area contributed by atoms with Crippen LogP contribution in [0.15, 0.2) is 30.3 Å². The number of carboxylic acid groups (broad SMARTS) is 1. The van der Waals surface area contributed by atoms with Gasteiger partial charge in [0.05, 0.1) is 18.1 Å². The molecule has 1 aromatic carbocycles. The fraction of sp³-hybridized carbons (Fsp3) is 0.529. The summed E-state index contributed by atoms with van der Waals surface area (Å²) in [4.78, 5) is 25.2. The van der Waals surface area contributed by atoms with Gasteiger partial charge in [-0.05, 0) is 24.8 Å². The molecule has 124 valence electrons. The summed E-state index contributed by atoms with van der Waals surface area (Å²) in [6.45, 7) is 1.47. The smallest absolute Gasteiger partial charge is 0.317 e. The Balaban J connectivity index is 1.69. The maximum absolute atomic E-state index is 12.5. The Labute approximate surface area is 135 Å². The van der Waals surface area contributed by atoms with Gasteiger partial charge in [-0.15, -0.1) is 0 Å². The van der Waals surface area contributed by atoms with E-state index in [4.69, 9.17) is 9.84 Å². The summed E-state index contributed by atoms with van der Waals surface area (Å²) >= 11 is 0. The molecule has 3 rings (SSSR count). The van der Waals surface area contributed by atoms with Crippen LogP contribution in [0.5, 0.6) is 0 Å². The number of rotatable bonds is 4. The number of aliphatic carboxylic acids is 1. The molecule has 2 saturated heterocycles. The second-order valence-corrected chi connectivity index (χ2v) is 6.16. The summed E-state index contributed by atoms with van der Waals surface area (Å²) in [7, 11) is 0. The quantitative estimate of drug-likeness (QED) is 0.890. The number of nitrogens with one attached hydrogen (secondary N) is 1. The van der Waals surface area contributed by atoms with Gasteiger partial charge in [-0.25, -0.2) is 4.79 Å². The normalized spacial score (nSPS) is 25.3. The van der Waals surface area contributed by atoms with Gasteiger partial charge < -0.3 is 20.1 Å². The van der Waals surface area contributed by atoms with Gasteiger partial charge in [0, 0.05) is 19.7 Å². The van der Waals surface area contributed by atoms with Gasteiger partial charge in [-0.3, -0.25) is 4.79 Å². The Bertz CT molecular complexity index is 557. The minimum atomic E-state index is -0.834. The summed E-state index contributed by atoms with van der Waals surface area (Å²) in [5.41, 5.74) is 1.02. The van der Waals surface area contributed by atoms with E-state index in [-0.39, 0.29) is 24.7 Å². The topological polar surface area (TPSA) is 78.9 Å². The number of carbonyl (C=O) groups excluding carboxylic acids is 1. The Hall–Kier alpha value is -2.08. The second-order valence-electron chi connectivity index (χ2n) is 6.16. The van der Waals surface area contributed by atoms with E-state index < -0.39 is 11.9 Å². The minimum absolute atomic E-state index is 0.0285. The molecule has 6 nitrogen and oxygen atoms in total. The third-order valence-corrected chi connectivity index (χ3v) is 4.60. The highest BCUT2D eigenvalue weighted by Gasteiger charge is 2.34. The van der Waals surface area contributed by atoms with Crippen molar-refractivity contribution in [3.8, 4) is 0 Å². The van der Waals surface area contributed by atoms with E-state index in [1.165, 1.54) is 0 Å². The predicted molar refractivity (Wildman–Crippen MR) is 84.0 cm³/mol. The van der Waals surface area contributed by atoms with Crippen LogP contribution in [-0.4, -0.2) is 47.8 Å². The highest BCUT2D eigenvalue weighted by atomic mass is 16.5. The van der Waals surface area contributed by atoms with Gasteiger partial charge >= 0.3 is 12.0 Å². The van der Waals surface area contributed by atoms with Crippen molar-refractivity contribution in [3.63, 3.8) is 0 Å². The molecule has 2 amide bonds. The van der Waals surface area contributed by atoms with Crippen LogP contribution >= 0.6 is 0 Å². The van der Waals surface area contributed by atoms with Crippen molar-refractivity contribution in [2.45, 2.75) is 31.4 Å². The van der Waals surface area contributed by atoms with Crippen molar-refractivity contribution in [2.75, 3.05) is 19.7 Å². The maximum atomic E-state index is 12.5. The van der Waals surface area contributed by atoms with Crippen molar-refractivity contribution in [2.24, 2.45) is 5.92 Å². The molecule has 23 heavy (non-hydrogen) atoms. The zero-order valence-electron chi connectivity index (χ0n) is 13.0. The first-order valence-electron chi connectivity index (χ1n) is 8.10. The van der Waals surface area contributed by atoms with Crippen LogP contribution in [0.2, 0.25) is 0 Å². The summed E-state index contributed by atoms with van der Waals surface area (Å²) in [5, 5.41) is 12.1. The highest BCUT2D eigenvalue weighted by molar-refractivity contribution is 5.77. The van der Waals surface area contributed by atoms with Crippen molar-refractivity contribution in [1.82, 2.24) is 10.2 Å². The van der Waals surface area contributed by atoms with Gasteiger partial charge in [0.25, 0.3) is 0 Å². The molecule has 6 heteroatoms. The number of urea groups is 1. The van der Waals surface area contributed by atoms with E-state index in [0.717, 1.165) is 18.4 Å². The SMILES string of the molecule is O=C(O)C1CCN(C(=O)NC(c2ccccc2)C2CCCO2)C1. The molecular weight excluding hydrogens is 296 g/mol. The first kappa shape index (κ1) is 15.8. The first-order valence-corrected chi connectivity index (χ1v) is 8.10. The standard InChI is InChI=1S/C17H22N2O4/c20-16(21)13-8-9-19(11-13)17(22)18-15(14-7-4-10-23-14)12-5-2-1-3-6-12/h1-3,5-6,13-15H,4,7-11H2,(H,18,22)(H,20,21). The number of hydrogen-bond donors (Lipinski definition) is 2. The number of ether oxygens (including phenoxy) is 1. The number of benzene rings is 1. The van der Waals surface area contributed by atoms with E-state index >= 15 is 0 Å². The molecule has 2 heterocycles. The average Bonchev–Trinajstić information content (AvgIpc) is 3.24. The molecule has 0 radical (unpaired) electrons. The number of nitrogens with zero attached hydrogens (tertiary/aromatic N) is 1. The van der Waals surface area contributed by atoms with Crippen LogP contribution in [0.25, 0.3) is 0 Å². The molecule has 1 aromatic rings. The number of likely N-dealkylation sites (tertiary alicyclic amines) is 1. The minimum Gasteiger partial charge on any atom is -0.481 e. The largest absolute Gasteiger partial charge is 0.481 e. The summed E-state index contributed by atoms with van der Waals surface area (Å²) in [6, 6.07) is 9.39. The van der Waals surface area contributed by atoms with Crippen molar-refractivity contribution in [1.29, 1.82) is 0 Å². The summed E-state index contributed by atoms with van der Waals surface area (Å²) < 4.78 is 5.77. The van der Waals surface area contributed by atoms with E-state index in [2.05, 4.69) is 5.32 Å². The second kappa shape index (κ2) is 7.00. The zero-order chi connectivity index (χ0) is 16.2. The van der Waals surface area contributed by atoms with Crippen molar-refractivity contribution >= 4 is 12.0 Å². The zero-order valence-corrected chi connectivity index (χ0v) is 13.0. The molecule has 0 aliphatic carbocycles. The maximum Gasteiger partial charge on any atom is 0.317 e. The van der Waals surface area contributed by atoms with Crippen LogP contribution in [0.4, 0.5) is 4.79 Å². The average molecular weight is 318 g/mol. The predicted octanol–water partition coefficient (Wildman–Crippen LogP) is 2.02. The highest BCUT2D eigenvalue weighted by Crippen LogP contribution is 2.27. The molecule has 2 N–H and O–H groups in total. The number of amides is 2. The molecular formula is C17H22N2O4. The number of carboxylic acids is 1. The van der Waals surface area contributed by atoms with Gasteiger partial charge in [-0.1, -0.05) is 30.3 Å². The lowest BCUT2D eigenvalue weighted by Crippen LogP contribution is -2.44. The Kier molecular flexibility index (Phi) is 4.81. The monoisotopic (exact) mass is 318 g/mol. The molecule has 2 aliphatic heterocycles. The van der Waals surface area contributed by atoms with Crippen molar-refractivity contribution < 1.29 is 19.4 Å². The van der Waals surface area contributed by atoms with Crippen molar-refractivity contribution in [3.05, 3.63) is 35.9 Å². The third-order valence-electron chi connectivity index (χ3n) is 4.60. The summed E-state index contributed by atoms with van der Waals surface area (Å²) in [5.74, 6) is -1.29. The lowest BCUT2D eigenvalue weighted by molar-refractivity contribution is -0.141. The summed E-state index contributed by atoms with van der Waals surface area (Å²) in [6.07, 6.45) is 2.39. The molecule has 2 fully saturated rings. The molecule has 3 atom stereocenters. The Morgan fingerprint density at radius 3 is 2.65 bits per heavy atom. The van der Waals surface area contributed by atoms with E-state index in [0.29, 0.717) is 19.6 Å². The molecule has 0 aromatic heterocycles. The number of hydrogen-bond acceptors (Lipinski definition) is 3. The van der Waals surface area contributed by atoms with Crippen LogP contribution in [0.3, 0.4) is 0 Å². The molecule has 2 aliphatic rings. The molecule has 0 spiro atoms. The Morgan fingerprint density at radius 2 is 2.04 bits per heavy atom. The van der Waals surface area contributed by atoms with Crippen LogP contribution in [0, 0.1) is 5.92 Å². The van der Waals surface area contributed by atoms with Gasteiger partial charge in [-0.2, -0.15) is 0 Å². The van der Waals surface area contributed by atoms with E-state index in [1.54, 1.807) is 4.90 Å². The lowest BCUT2D eigenvalue weighted by atomic mass is 9.99. The fourth-order valence-electron chi connectivity index (χ4n) is 3.29. The third kappa shape index (κ3) is 3.64. The lowest BCUT2D eigenvalue weighted by Gasteiger charge is -2.27. The molecule has 3 unspecified atom stereocenters. The van der Waals surface area contributed by atoms with E-state index in [1.807, 2.05) is 30.3 Å². The van der Waals surface area contributed by atoms with Crippen LogP contribution < -0.4 is 5.32 Å². The van der Waals surface area contributed by atoms with Gasteiger partial charge in [0.15, 0.2) is 0 Å². The fourth-order valence-corrected chi connectivity index (χ4v) is 3.29. The Morgan fingerprint density at radius 1 is 1.26 bits per heavy atom. The number of carbonyl (C=O) groups is 2. The molecule has 0 saturated carbocycles. The molecule has 0 bridgehead atoms. The van der Waals surface area contributed by atoms with Gasteiger partial charge in [0.1, 0.15) is 0 Å². The van der Waals surface area contributed by atoms with Crippen LogP contribution in [-0.2, 0) is 9.53 Å².